The average Bonchev–Trinajstić information content (AvgIpc) is 2.45. The zero-order valence-electron chi connectivity index (χ0n) is 13.4. The Morgan fingerprint density at radius 1 is 1.13 bits per heavy atom. The van der Waals surface area contributed by atoms with Crippen LogP contribution in [0.2, 0.25) is 0 Å². The van der Waals surface area contributed by atoms with Crippen LogP contribution in [-0.2, 0) is 9.47 Å². The number of ether oxygens (including phenoxy) is 2. The molecule has 2 rings (SSSR count). The zero-order valence-corrected chi connectivity index (χ0v) is 13.4. The predicted molar refractivity (Wildman–Crippen MR) is 89.4 cm³/mol. The second kappa shape index (κ2) is 6.52. The highest BCUT2D eigenvalue weighted by atomic mass is 16.6. The second-order valence-corrected chi connectivity index (χ2v) is 5.91. The quantitative estimate of drug-likeness (QED) is 0.670. The van der Waals surface area contributed by atoms with Crippen LogP contribution in [0.1, 0.15) is 31.1 Å². The highest BCUT2D eigenvalue weighted by Crippen LogP contribution is 2.27. The van der Waals surface area contributed by atoms with E-state index in [-0.39, 0.29) is 5.56 Å². The summed E-state index contributed by atoms with van der Waals surface area (Å²) in [6.45, 7) is 8.68. The van der Waals surface area contributed by atoms with Gasteiger partial charge in [0.05, 0.1) is 17.5 Å². The number of esters is 1. The van der Waals surface area contributed by atoms with Gasteiger partial charge in [0, 0.05) is 0 Å². The third kappa shape index (κ3) is 4.10. The van der Waals surface area contributed by atoms with Crippen molar-refractivity contribution in [1.29, 1.82) is 0 Å². The molecule has 2 aromatic carbocycles. The Morgan fingerprint density at radius 2 is 1.83 bits per heavy atom. The molecular formula is C18H19NO4. The van der Waals surface area contributed by atoms with E-state index >= 15 is 0 Å². The smallest absolute Gasteiger partial charge is 0.412 e. The normalized spacial score (nSPS) is 10.9. The SMILES string of the molecule is C=COC(=O)c1c(NC(=O)OC(C)(C)C)ccc2ccccc12. The molecule has 0 aliphatic rings. The van der Waals surface area contributed by atoms with Gasteiger partial charge < -0.3 is 9.47 Å². The van der Waals surface area contributed by atoms with Gasteiger partial charge in [-0.2, -0.15) is 0 Å². The van der Waals surface area contributed by atoms with E-state index in [0.717, 1.165) is 11.6 Å². The number of benzene rings is 2. The highest BCUT2D eigenvalue weighted by Gasteiger charge is 2.21. The van der Waals surface area contributed by atoms with Gasteiger partial charge in [-0.1, -0.05) is 36.9 Å². The topological polar surface area (TPSA) is 64.6 Å². The van der Waals surface area contributed by atoms with Crippen LogP contribution in [0.4, 0.5) is 10.5 Å². The molecule has 0 radical (unpaired) electrons. The molecule has 2 aromatic rings. The van der Waals surface area contributed by atoms with Crippen LogP contribution in [-0.4, -0.2) is 17.7 Å². The van der Waals surface area contributed by atoms with Gasteiger partial charge in [0.1, 0.15) is 5.60 Å². The number of carbonyl (C=O) groups is 2. The molecule has 23 heavy (non-hydrogen) atoms. The second-order valence-electron chi connectivity index (χ2n) is 5.91. The first-order chi connectivity index (χ1) is 10.8. The maximum absolute atomic E-state index is 12.3. The van der Waals surface area contributed by atoms with Crippen LogP contribution in [0.25, 0.3) is 10.8 Å². The Bertz CT molecular complexity index is 759. The molecule has 120 valence electrons. The molecule has 0 saturated carbocycles. The lowest BCUT2D eigenvalue weighted by Crippen LogP contribution is -2.27. The van der Waals surface area contributed by atoms with E-state index in [2.05, 4.69) is 11.9 Å². The van der Waals surface area contributed by atoms with Gasteiger partial charge in [0.15, 0.2) is 0 Å². The standard InChI is InChI=1S/C18H19NO4/c1-5-22-16(20)15-13-9-7-6-8-12(13)10-11-14(15)19-17(21)23-18(2,3)4/h5-11H,1H2,2-4H3,(H,19,21). The Labute approximate surface area is 134 Å². The number of anilines is 1. The van der Waals surface area contributed by atoms with Gasteiger partial charge in [0.25, 0.3) is 0 Å². The van der Waals surface area contributed by atoms with Crippen molar-refractivity contribution in [3.05, 3.63) is 54.8 Å². The van der Waals surface area contributed by atoms with Gasteiger partial charge >= 0.3 is 12.1 Å². The van der Waals surface area contributed by atoms with Crippen LogP contribution >= 0.6 is 0 Å². The number of fused-ring (bicyclic) bond motifs is 1. The molecule has 0 atom stereocenters. The number of nitrogens with one attached hydrogen (secondary N) is 1. The summed E-state index contributed by atoms with van der Waals surface area (Å²) < 4.78 is 10.1. The number of amides is 1. The molecule has 0 unspecified atom stereocenters. The van der Waals surface area contributed by atoms with Crippen LogP contribution in [0.3, 0.4) is 0 Å². The number of hydrogen-bond acceptors (Lipinski definition) is 4. The van der Waals surface area contributed by atoms with Crippen molar-refractivity contribution in [1.82, 2.24) is 0 Å². The minimum atomic E-state index is -0.638. The largest absolute Gasteiger partial charge is 0.444 e. The third-order valence-electron chi connectivity index (χ3n) is 2.96. The zero-order chi connectivity index (χ0) is 17.0. The van der Waals surface area contributed by atoms with E-state index in [4.69, 9.17) is 9.47 Å². The van der Waals surface area contributed by atoms with Gasteiger partial charge in [-0.05, 0) is 37.6 Å². The van der Waals surface area contributed by atoms with Crippen molar-refractivity contribution in [3.63, 3.8) is 0 Å². The van der Waals surface area contributed by atoms with Gasteiger partial charge in [-0.25, -0.2) is 9.59 Å². The summed E-state index contributed by atoms with van der Waals surface area (Å²) in [5.74, 6) is -0.595. The molecular weight excluding hydrogens is 294 g/mol. The molecule has 0 spiro atoms. The Hall–Kier alpha value is -2.82. The summed E-state index contributed by atoms with van der Waals surface area (Å²) in [6, 6.07) is 10.8. The summed E-state index contributed by atoms with van der Waals surface area (Å²) in [5.41, 5.74) is -0.0541. The minimum absolute atomic E-state index is 0.258. The van der Waals surface area contributed by atoms with Crippen molar-refractivity contribution in [2.24, 2.45) is 0 Å². The Morgan fingerprint density at radius 3 is 2.48 bits per heavy atom. The first-order valence-electron chi connectivity index (χ1n) is 7.15. The van der Waals surface area contributed by atoms with E-state index in [1.165, 1.54) is 0 Å². The van der Waals surface area contributed by atoms with E-state index in [1.807, 2.05) is 24.3 Å². The third-order valence-corrected chi connectivity index (χ3v) is 2.96. The molecule has 5 heteroatoms. The molecule has 1 amide bonds. The monoisotopic (exact) mass is 313 g/mol. The summed E-state index contributed by atoms with van der Waals surface area (Å²) in [4.78, 5) is 24.3. The van der Waals surface area contributed by atoms with Crippen LogP contribution in [0.15, 0.2) is 49.2 Å². The number of carbonyl (C=O) groups excluding carboxylic acids is 2. The molecule has 0 saturated heterocycles. The lowest BCUT2D eigenvalue weighted by Gasteiger charge is -2.20. The molecule has 1 N–H and O–H groups in total. The molecule has 5 nitrogen and oxygen atoms in total. The Balaban J connectivity index is 2.46. The van der Waals surface area contributed by atoms with Crippen LogP contribution in [0, 0.1) is 0 Å². The van der Waals surface area contributed by atoms with E-state index in [9.17, 15) is 9.59 Å². The molecule has 0 aliphatic carbocycles. The first-order valence-corrected chi connectivity index (χ1v) is 7.15. The van der Waals surface area contributed by atoms with Crippen molar-refractivity contribution in [2.75, 3.05) is 5.32 Å². The van der Waals surface area contributed by atoms with Gasteiger partial charge in [0.2, 0.25) is 0 Å². The molecule has 0 heterocycles. The predicted octanol–water partition coefficient (Wildman–Crippen LogP) is 4.49. The molecule has 0 aromatic heterocycles. The average molecular weight is 313 g/mol. The van der Waals surface area contributed by atoms with Crippen molar-refractivity contribution in [2.45, 2.75) is 26.4 Å². The minimum Gasteiger partial charge on any atom is -0.444 e. The fraction of sp³-hybridized carbons (Fsp3) is 0.222. The number of hydrogen-bond donors (Lipinski definition) is 1. The van der Waals surface area contributed by atoms with Crippen molar-refractivity contribution in [3.8, 4) is 0 Å². The van der Waals surface area contributed by atoms with Crippen molar-refractivity contribution >= 4 is 28.5 Å². The van der Waals surface area contributed by atoms with Crippen LogP contribution in [0.5, 0.6) is 0 Å². The van der Waals surface area contributed by atoms with Gasteiger partial charge in [-0.15, -0.1) is 0 Å². The van der Waals surface area contributed by atoms with Crippen molar-refractivity contribution < 1.29 is 19.1 Å². The fourth-order valence-electron chi connectivity index (χ4n) is 2.14. The highest BCUT2D eigenvalue weighted by molar-refractivity contribution is 6.11. The fourth-order valence-corrected chi connectivity index (χ4v) is 2.14. The number of rotatable bonds is 3. The molecule has 0 fully saturated rings. The first kappa shape index (κ1) is 16.5. The molecule has 0 aliphatic heterocycles. The lowest BCUT2D eigenvalue weighted by molar-refractivity contribution is 0.0636. The van der Waals surface area contributed by atoms with Crippen LogP contribution < -0.4 is 5.32 Å². The maximum Gasteiger partial charge on any atom is 0.412 e. The summed E-state index contributed by atoms with van der Waals surface area (Å²) in [7, 11) is 0. The van der Waals surface area contributed by atoms with E-state index < -0.39 is 17.7 Å². The summed E-state index contributed by atoms with van der Waals surface area (Å²) in [6.07, 6.45) is 0.418. The molecule has 0 bridgehead atoms. The summed E-state index contributed by atoms with van der Waals surface area (Å²) in [5, 5.41) is 4.14. The maximum atomic E-state index is 12.3. The van der Waals surface area contributed by atoms with E-state index in [0.29, 0.717) is 11.1 Å². The summed E-state index contributed by atoms with van der Waals surface area (Å²) >= 11 is 0. The Kier molecular flexibility index (Phi) is 4.69. The van der Waals surface area contributed by atoms with Gasteiger partial charge in [-0.3, -0.25) is 5.32 Å². The van der Waals surface area contributed by atoms with E-state index in [1.54, 1.807) is 32.9 Å². The lowest BCUT2D eigenvalue weighted by atomic mass is 10.0.